The van der Waals surface area contributed by atoms with Gasteiger partial charge in [-0.1, -0.05) is 12.1 Å². The first-order chi connectivity index (χ1) is 8.50. The van der Waals surface area contributed by atoms with Gasteiger partial charge in [-0.3, -0.25) is 0 Å². The minimum atomic E-state index is -4.32. The maximum absolute atomic E-state index is 12.4. The zero-order valence-electron chi connectivity index (χ0n) is 9.37. The molecule has 0 aliphatic rings. The molecule has 2 radical (unpaired) electrons. The summed E-state index contributed by atoms with van der Waals surface area (Å²) in [7, 11) is 0. The Morgan fingerprint density at radius 3 is 2.44 bits per heavy atom. The third-order valence-corrected chi connectivity index (χ3v) is 2.38. The van der Waals surface area contributed by atoms with E-state index < -0.39 is 11.7 Å². The Morgan fingerprint density at radius 1 is 1.22 bits per heavy atom. The van der Waals surface area contributed by atoms with Crippen LogP contribution in [-0.4, -0.2) is 4.98 Å². The largest absolute Gasteiger partial charge is 0.448 e. The monoisotopic (exact) mass is 253 g/mol. The number of hydrogen-bond donors (Lipinski definition) is 0. The fraction of sp³-hybridized carbons (Fsp3) is 0.154. The molecule has 2 rings (SSSR count). The summed E-state index contributed by atoms with van der Waals surface area (Å²) in [5.41, 5.74) is 0.420. The summed E-state index contributed by atoms with van der Waals surface area (Å²) < 4.78 is 42.3. The van der Waals surface area contributed by atoms with Crippen LogP contribution in [0.15, 0.2) is 34.9 Å². The average Bonchev–Trinajstić information content (AvgIpc) is 2.77. The summed E-state index contributed by atoms with van der Waals surface area (Å²) in [6, 6.07) is 4.80. The zero-order valence-corrected chi connectivity index (χ0v) is 9.37. The van der Waals surface area contributed by atoms with Crippen molar-refractivity contribution in [1.82, 2.24) is 4.98 Å². The molecule has 0 fully saturated rings. The van der Waals surface area contributed by atoms with Gasteiger partial charge in [0, 0.05) is 12.0 Å². The topological polar surface area (TPSA) is 26.0 Å². The van der Waals surface area contributed by atoms with Crippen LogP contribution in [0.25, 0.3) is 11.3 Å². The predicted molar refractivity (Wildman–Crippen MR) is 60.3 cm³/mol. The Balaban J connectivity index is 2.23. The third kappa shape index (κ3) is 2.72. The molecule has 0 saturated heterocycles. The number of hydrogen-bond acceptors (Lipinski definition) is 2. The molecule has 5 heteroatoms. The molecule has 0 saturated carbocycles. The lowest BCUT2D eigenvalue weighted by Gasteiger charge is -2.06. The van der Waals surface area contributed by atoms with Gasteiger partial charge < -0.3 is 4.42 Å². The van der Waals surface area contributed by atoms with Gasteiger partial charge in [0.25, 0.3) is 0 Å². The third-order valence-electron chi connectivity index (χ3n) is 2.38. The number of nitrogens with zero attached hydrogens (tertiary/aromatic N) is 1. The molecule has 2 aromatic rings. The van der Waals surface area contributed by atoms with Crippen molar-refractivity contribution in [2.45, 2.75) is 12.6 Å². The summed E-state index contributed by atoms with van der Waals surface area (Å²) in [5, 5.41) is 0. The van der Waals surface area contributed by atoms with E-state index in [0.717, 1.165) is 12.1 Å². The molecule has 2 nitrogen and oxygen atoms in total. The smallest absolute Gasteiger partial charge is 0.416 e. The molecule has 0 atom stereocenters. The van der Waals surface area contributed by atoms with E-state index in [1.807, 2.05) is 0 Å². The van der Waals surface area contributed by atoms with Crippen molar-refractivity contribution >= 4 is 0 Å². The molecule has 0 aliphatic carbocycles. The highest BCUT2D eigenvalue weighted by Crippen LogP contribution is 2.30. The summed E-state index contributed by atoms with van der Waals surface area (Å²) in [4.78, 5) is 4.14. The summed E-state index contributed by atoms with van der Waals surface area (Å²) in [6.45, 7) is 3.55. The highest BCUT2D eigenvalue weighted by molar-refractivity contribution is 5.58. The minimum Gasteiger partial charge on any atom is -0.448 e. The summed E-state index contributed by atoms with van der Waals surface area (Å²) >= 11 is 0. The Labute approximate surface area is 102 Å². The molecule has 0 amide bonds. The Bertz CT molecular complexity index is 514. The average molecular weight is 253 g/mol. The van der Waals surface area contributed by atoms with Gasteiger partial charge in [0.15, 0.2) is 5.89 Å². The number of rotatable bonds is 3. The van der Waals surface area contributed by atoms with E-state index in [-0.39, 0.29) is 0 Å². The highest BCUT2D eigenvalue weighted by atomic mass is 19.4. The van der Waals surface area contributed by atoms with E-state index in [2.05, 4.69) is 11.9 Å². The van der Waals surface area contributed by atoms with E-state index in [9.17, 15) is 13.2 Å². The van der Waals surface area contributed by atoms with Crippen molar-refractivity contribution in [1.29, 1.82) is 0 Å². The molecule has 0 unspecified atom stereocenters. The van der Waals surface area contributed by atoms with Gasteiger partial charge in [0.1, 0.15) is 12.0 Å². The van der Waals surface area contributed by atoms with Crippen molar-refractivity contribution < 1.29 is 17.6 Å². The molecule has 0 bridgehead atoms. The van der Waals surface area contributed by atoms with Gasteiger partial charge in [-0.25, -0.2) is 4.98 Å². The van der Waals surface area contributed by atoms with Gasteiger partial charge in [-0.05, 0) is 25.5 Å². The molecular weight excluding hydrogens is 243 g/mol. The standard InChI is InChI=1S/C13H10F3NO/c1-2-3-12-17-11(8-18-12)9-4-6-10(7-5-9)13(14,15)16/h2,4-8H,1,3H2. The number of halogens is 3. The summed E-state index contributed by atoms with van der Waals surface area (Å²) in [6.07, 6.45) is -0.777. The van der Waals surface area contributed by atoms with Crippen molar-refractivity contribution in [2.75, 3.05) is 0 Å². The second kappa shape index (κ2) is 4.84. The molecule has 94 valence electrons. The number of alkyl halides is 3. The van der Waals surface area contributed by atoms with E-state index in [0.29, 0.717) is 23.6 Å². The number of oxazole rings is 1. The van der Waals surface area contributed by atoms with Crippen LogP contribution in [0.4, 0.5) is 13.2 Å². The Kier molecular flexibility index (Phi) is 3.41. The van der Waals surface area contributed by atoms with Gasteiger partial charge in [0.2, 0.25) is 0 Å². The van der Waals surface area contributed by atoms with Gasteiger partial charge >= 0.3 is 6.18 Å². The lowest BCUT2D eigenvalue weighted by Crippen LogP contribution is -2.03. The SMILES string of the molecule is [CH2][CH]Cc1nc(-c2ccc(C(F)(F)F)cc2)co1. The molecule has 18 heavy (non-hydrogen) atoms. The van der Waals surface area contributed by atoms with Crippen LogP contribution in [0.2, 0.25) is 0 Å². The Hall–Kier alpha value is -1.78. The molecule has 1 heterocycles. The molecule has 0 spiro atoms. The quantitative estimate of drug-likeness (QED) is 0.828. The van der Waals surface area contributed by atoms with Crippen molar-refractivity contribution in [3.8, 4) is 11.3 Å². The van der Waals surface area contributed by atoms with Crippen LogP contribution in [0.3, 0.4) is 0 Å². The van der Waals surface area contributed by atoms with Crippen molar-refractivity contribution in [3.05, 3.63) is 55.3 Å². The fourth-order valence-corrected chi connectivity index (χ4v) is 1.49. The maximum Gasteiger partial charge on any atom is 0.416 e. The normalized spacial score (nSPS) is 11.8. The Morgan fingerprint density at radius 2 is 1.89 bits per heavy atom. The van der Waals surface area contributed by atoms with Crippen molar-refractivity contribution in [3.63, 3.8) is 0 Å². The second-order valence-corrected chi connectivity index (χ2v) is 3.69. The van der Waals surface area contributed by atoms with Crippen LogP contribution >= 0.6 is 0 Å². The first kappa shape index (κ1) is 12.7. The van der Waals surface area contributed by atoms with E-state index in [1.54, 1.807) is 6.42 Å². The summed E-state index contributed by atoms with van der Waals surface area (Å²) in [5.74, 6) is 0.486. The van der Waals surface area contributed by atoms with Crippen molar-refractivity contribution in [2.24, 2.45) is 0 Å². The van der Waals surface area contributed by atoms with Gasteiger partial charge in [0.05, 0.1) is 5.56 Å². The molecule has 1 aromatic heterocycles. The molecule has 0 N–H and O–H groups in total. The maximum atomic E-state index is 12.4. The minimum absolute atomic E-state index is 0.486. The number of benzene rings is 1. The van der Waals surface area contributed by atoms with E-state index in [4.69, 9.17) is 4.42 Å². The van der Waals surface area contributed by atoms with Crippen LogP contribution in [0.5, 0.6) is 0 Å². The number of aromatic nitrogens is 1. The fourth-order valence-electron chi connectivity index (χ4n) is 1.49. The van der Waals surface area contributed by atoms with Gasteiger partial charge in [-0.2, -0.15) is 13.2 Å². The first-order valence-electron chi connectivity index (χ1n) is 5.23. The first-order valence-corrected chi connectivity index (χ1v) is 5.23. The predicted octanol–water partition coefficient (Wildman–Crippen LogP) is 3.94. The highest BCUT2D eigenvalue weighted by Gasteiger charge is 2.30. The van der Waals surface area contributed by atoms with E-state index >= 15 is 0 Å². The van der Waals surface area contributed by atoms with Gasteiger partial charge in [-0.15, -0.1) is 0 Å². The van der Waals surface area contributed by atoms with Crippen LogP contribution in [0.1, 0.15) is 11.5 Å². The lowest BCUT2D eigenvalue weighted by atomic mass is 10.1. The molecule has 0 aliphatic heterocycles. The lowest BCUT2D eigenvalue weighted by molar-refractivity contribution is -0.137. The molecule has 1 aromatic carbocycles. The van der Waals surface area contributed by atoms with Crippen LogP contribution in [-0.2, 0) is 12.6 Å². The van der Waals surface area contributed by atoms with Crippen LogP contribution in [0, 0.1) is 13.3 Å². The van der Waals surface area contributed by atoms with Crippen LogP contribution < -0.4 is 0 Å². The molecular formula is C13H10F3NO. The second-order valence-electron chi connectivity index (χ2n) is 3.69. The van der Waals surface area contributed by atoms with E-state index in [1.165, 1.54) is 18.4 Å². The zero-order chi connectivity index (χ0) is 13.2.